The van der Waals surface area contributed by atoms with Gasteiger partial charge in [0.2, 0.25) is 5.91 Å². The molecule has 96 valence electrons. The van der Waals surface area contributed by atoms with Crippen molar-refractivity contribution in [1.82, 2.24) is 4.90 Å². The minimum atomic E-state index is -0.442. The van der Waals surface area contributed by atoms with E-state index in [1.54, 1.807) is 16.2 Å². The Labute approximate surface area is 115 Å². The maximum atomic E-state index is 12.3. The molecule has 0 aliphatic carbocycles. The summed E-state index contributed by atoms with van der Waals surface area (Å²) in [4.78, 5) is 14.0. The Kier molecular flexibility index (Phi) is 5.16. The molecule has 2 N–H and O–H groups in total. The zero-order chi connectivity index (χ0) is 13.1. The van der Waals surface area contributed by atoms with Crippen molar-refractivity contribution in [2.45, 2.75) is 26.8 Å². The zero-order valence-electron chi connectivity index (χ0n) is 10.5. The minimum Gasteiger partial charge on any atom is -0.341 e. The van der Waals surface area contributed by atoms with Gasteiger partial charge < -0.3 is 10.6 Å². The number of halogens is 1. The Morgan fingerprint density at radius 1 is 1.65 bits per heavy atom. The molecule has 0 aliphatic heterocycles. The largest absolute Gasteiger partial charge is 0.341 e. The van der Waals surface area contributed by atoms with Crippen molar-refractivity contribution in [3.63, 3.8) is 0 Å². The second-order valence-corrected chi connectivity index (χ2v) is 6.83. The van der Waals surface area contributed by atoms with Gasteiger partial charge in [-0.25, -0.2) is 0 Å². The third-order valence-electron chi connectivity index (χ3n) is 3.14. The average molecular weight is 319 g/mol. The van der Waals surface area contributed by atoms with Crippen LogP contribution in [0.3, 0.4) is 0 Å². The summed E-state index contributed by atoms with van der Waals surface area (Å²) in [7, 11) is 1.83. The number of thiophene rings is 1. The van der Waals surface area contributed by atoms with E-state index < -0.39 is 5.41 Å². The van der Waals surface area contributed by atoms with Gasteiger partial charge in [-0.2, -0.15) is 0 Å². The Balaban J connectivity index is 2.70. The van der Waals surface area contributed by atoms with E-state index in [2.05, 4.69) is 21.3 Å². The van der Waals surface area contributed by atoms with Gasteiger partial charge in [0.25, 0.3) is 0 Å². The lowest BCUT2D eigenvalue weighted by Gasteiger charge is -2.30. The number of nitrogens with two attached hydrogens (primary N) is 1. The van der Waals surface area contributed by atoms with E-state index in [1.807, 2.05) is 27.0 Å². The van der Waals surface area contributed by atoms with E-state index in [0.29, 0.717) is 13.1 Å². The molecule has 0 saturated carbocycles. The van der Waals surface area contributed by atoms with E-state index in [-0.39, 0.29) is 5.91 Å². The molecule has 0 radical (unpaired) electrons. The van der Waals surface area contributed by atoms with Gasteiger partial charge in [0, 0.05) is 20.1 Å². The first kappa shape index (κ1) is 14.7. The molecular formula is C12H19BrN2OS. The first-order chi connectivity index (χ1) is 7.92. The van der Waals surface area contributed by atoms with E-state index in [0.717, 1.165) is 15.8 Å². The molecule has 3 nitrogen and oxygen atoms in total. The summed E-state index contributed by atoms with van der Waals surface area (Å²) < 4.78 is 1.09. The van der Waals surface area contributed by atoms with Gasteiger partial charge in [-0.05, 0) is 46.3 Å². The van der Waals surface area contributed by atoms with Crippen molar-refractivity contribution in [3.05, 3.63) is 20.8 Å². The van der Waals surface area contributed by atoms with Crippen LogP contribution in [0.1, 0.15) is 25.8 Å². The monoisotopic (exact) mass is 318 g/mol. The summed E-state index contributed by atoms with van der Waals surface area (Å²) in [5, 5.41) is 2.06. The number of hydrogen-bond donors (Lipinski definition) is 1. The highest BCUT2D eigenvalue weighted by molar-refractivity contribution is 9.11. The number of amides is 1. The highest BCUT2D eigenvalue weighted by Crippen LogP contribution is 2.25. The summed E-state index contributed by atoms with van der Waals surface area (Å²) in [6.07, 6.45) is 0.764. The summed E-state index contributed by atoms with van der Waals surface area (Å²) in [5.74, 6) is 0.116. The lowest BCUT2D eigenvalue weighted by atomic mass is 9.86. The predicted octanol–water partition coefficient (Wildman–Crippen LogP) is 2.84. The molecule has 1 aromatic rings. The second kappa shape index (κ2) is 5.98. The SMILES string of the molecule is CCC(C)(CN)C(=O)N(C)Cc1csc(Br)c1. The molecule has 17 heavy (non-hydrogen) atoms. The summed E-state index contributed by atoms with van der Waals surface area (Å²) in [6.45, 7) is 4.95. The molecule has 1 aromatic heterocycles. The zero-order valence-corrected chi connectivity index (χ0v) is 12.9. The van der Waals surface area contributed by atoms with Crippen LogP contribution in [-0.2, 0) is 11.3 Å². The fourth-order valence-corrected chi connectivity index (χ4v) is 2.82. The van der Waals surface area contributed by atoms with E-state index in [9.17, 15) is 4.79 Å². The Morgan fingerprint density at radius 3 is 2.71 bits per heavy atom. The van der Waals surface area contributed by atoms with Crippen LogP contribution < -0.4 is 5.73 Å². The van der Waals surface area contributed by atoms with E-state index >= 15 is 0 Å². The first-order valence-electron chi connectivity index (χ1n) is 5.61. The average Bonchev–Trinajstić information content (AvgIpc) is 2.72. The molecule has 0 fully saturated rings. The van der Waals surface area contributed by atoms with E-state index in [4.69, 9.17) is 5.73 Å². The van der Waals surface area contributed by atoms with Crippen molar-refractivity contribution in [3.8, 4) is 0 Å². The second-order valence-electron chi connectivity index (χ2n) is 4.54. The van der Waals surface area contributed by atoms with Gasteiger partial charge in [0.1, 0.15) is 0 Å². The molecule has 0 bridgehead atoms. The van der Waals surface area contributed by atoms with Crippen LogP contribution in [0, 0.1) is 5.41 Å². The molecular weight excluding hydrogens is 300 g/mol. The third kappa shape index (κ3) is 3.53. The highest BCUT2D eigenvalue weighted by atomic mass is 79.9. The van der Waals surface area contributed by atoms with Crippen LogP contribution in [-0.4, -0.2) is 24.4 Å². The van der Waals surface area contributed by atoms with Crippen molar-refractivity contribution in [2.75, 3.05) is 13.6 Å². The molecule has 5 heteroatoms. The smallest absolute Gasteiger partial charge is 0.229 e. The number of hydrogen-bond acceptors (Lipinski definition) is 3. The maximum Gasteiger partial charge on any atom is 0.229 e. The van der Waals surface area contributed by atoms with Crippen molar-refractivity contribution < 1.29 is 4.79 Å². The molecule has 0 aromatic carbocycles. The van der Waals surface area contributed by atoms with Crippen LogP contribution in [0.5, 0.6) is 0 Å². The Morgan fingerprint density at radius 2 is 2.29 bits per heavy atom. The van der Waals surface area contributed by atoms with Crippen LogP contribution in [0.4, 0.5) is 0 Å². The molecule has 1 rings (SSSR count). The molecule has 0 spiro atoms. The van der Waals surface area contributed by atoms with Gasteiger partial charge in [-0.15, -0.1) is 11.3 Å². The lowest BCUT2D eigenvalue weighted by Crippen LogP contribution is -2.44. The van der Waals surface area contributed by atoms with Gasteiger partial charge in [-0.1, -0.05) is 6.92 Å². The minimum absolute atomic E-state index is 0.116. The molecule has 0 saturated heterocycles. The number of rotatable bonds is 5. The first-order valence-corrected chi connectivity index (χ1v) is 7.28. The van der Waals surface area contributed by atoms with Crippen LogP contribution in [0.15, 0.2) is 15.2 Å². The van der Waals surface area contributed by atoms with Gasteiger partial charge in [0.05, 0.1) is 9.20 Å². The third-order valence-corrected chi connectivity index (χ3v) is 4.69. The fraction of sp³-hybridized carbons (Fsp3) is 0.583. The molecule has 1 heterocycles. The van der Waals surface area contributed by atoms with E-state index in [1.165, 1.54) is 0 Å². The molecule has 1 atom stereocenters. The Bertz CT molecular complexity index is 388. The maximum absolute atomic E-state index is 12.3. The standard InChI is InChI=1S/C12H19BrN2OS/c1-4-12(2,8-14)11(16)15(3)6-9-5-10(13)17-7-9/h5,7H,4,6,8,14H2,1-3H3. The van der Waals surface area contributed by atoms with Crippen LogP contribution in [0.25, 0.3) is 0 Å². The molecule has 0 aliphatic rings. The Hall–Kier alpha value is -0.390. The van der Waals surface area contributed by atoms with Crippen molar-refractivity contribution >= 4 is 33.2 Å². The van der Waals surface area contributed by atoms with Crippen molar-refractivity contribution in [2.24, 2.45) is 11.1 Å². The van der Waals surface area contributed by atoms with Gasteiger partial charge >= 0.3 is 0 Å². The topological polar surface area (TPSA) is 46.3 Å². The summed E-state index contributed by atoms with van der Waals surface area (Å²) >= 11 is 5.05. The van der Waals surface area contributed by atoms with Crippen LogP contribution in [0.2, 0.25) is 0 Å². The normalized spacial score (nSPS) is 14.4. The highest BCUT2D eigenvalue weighted by Gasteiger charge is 2.32. The summed E-state index contributed by atoms with van der Waals surface area (Å²) in [6, 6.07) is 2.04. The lowest BCUT2D eigenvalue weighted by molar-refractivity contribution is -0.140. The van der Waals surface area contributed by atoms with Crippen molar-refractivity contribution in [1.29, 1.82) is 0 Å². The number of carbonyl (C=O) groups is 1. The molecule has 1 unspecified atom stereocenters. The fourth-order valence-electron chi connectivity index (χ4n) is 1.62. The predicted molar refractivity (Wildman–Crippen MR) is 75.9 cm³/mol. The number of nitrogens with zero attached hydrogens (tertiary/aromatic N) is 1. The van der Waals surface area contributed by atoms with Gasteiger partial charge in [0.15, 0.2) is 0 Å². The van der Waals surface area contributed by atoms with Crippen LogP contribution >= 0.6 is 27.3 Å². The summed E-state index contributed by atoms with van der Waals surface area (Å²) in [5.41, 5.74) is 6.40. The molecule has 1 amide bonds. The number of carbonyl (C=O) groups excluding carboxylic acids is 1. The van der Waals surface area contributed by atoms with Gasteiger partial charge in [-0.3, -0.25) is 4.79 Å². The quantitative estimate of drug-likeness (QED) is 0.907.